The number of halogens is 1. The monoisotopic (exact) mass is 213 g/mol. The lowest BCUT2D eigenvalue weighted by molar-refractivity contribution is 0.349. The van der Waals surface area contributed by atoms with E-state index in [9.17, 15) is 0 Å². The topological polar surface area (TPSA) is 35.2 Å². The zero-order valence-electron chi connectivity index (χ0n) is 8.27. The molecule has 0 spiro atoms. The molecule has 0 aliphatic heterocycles. The molecule has 0 atom stereocenters. The molecule has 0 saturated heterocycles. The maximum absolute atomic E-state index is 5.75. The minimum absolute atomic E-state index is 0. The Morgan fingerprint density at radius 1 is 1.36 bits per heavy atom. The molecule has 1 aliphatic carbocycles. The summed E-state index contributed by atoms with van der Waals surface area (Å²) in [4.78, 5) is 0. The largest absolute Gasteiger partial charge is 0.497 e. The summed E-state index contributed by atoms with van der Waals surface area (Å²) in [5.74, 6) is 1.60. The molecule has 2 nitrogen and oxygen atoms in total. The van der Waals surface area contributed by atoms with Crippen molar-refractivity contribution in [3.8, 4) is 5.75 Å². The molecule has 2 rings (SSSR count). The molecule has 0 bridgehead atoms. The summed E-state index contributed by atoms with van der Waals surface area (Å²) in [6.45, 7) is 0. The molecule has 0 aromatic heterocycles. The molecule has 3 heteroatoms. The Hall–Kier alpha value is -0.730. The van der Waals surface area contributed by atoms with Gasteiger partial charge in [-0.1, -0.05) is 12.1 Å². The molecule has 2 N–H and O–H groups in total. The highest BCUT2D eigenvalue weighted by Crippen LogP contribution is 2.36. The van der Waals surface area contributed by atoms with Gasteiger partial charge in [0.15, 0.2) is 0 Å². The molecule has 1 saturated carbocycles. The normalized spacial score (nSPS) is 24.7. The molecular formula is C11H16ClNO. The second-order valence-corrected chi connectivity index (χ2v) is 3.71. The first kappa shape index (κ1) is 11.3. The standard InChI is InChI=1S/C11H15NO.ClH/c1-13-11-4-2-3-8(7-11)9-5-10(12)6-9;/h2-4,7,9-10H,5-6,12H2,1H3;1H. The van der Waals surface area contributed by atoms with Gasteiger partial charge < -0.3 is 10.5 Å². The summed E-state index contributed by atoms with van der Waals surface area (Å²) >= 11 is 0. The van der Waals surface area contributed by atoms with Crippen LogP contribution < -0.4 is 10.5 Å². The van der Waals surface area contributed by atoms with Gasteiger partial charge in [0.2, 0.25) is 0 Å². The fourth-order valence-corrected chi connectivity index (χ4v) is 1.83. The zero-order chi connectivity index (χ0) is 9.26. The molecule has 0 heterocycles. The average Bonchev–Trinajstić information content (AvgIpc) is 2.13. The first-order chi connectivity index (χ1) is 6.29. The third-order valence-electron chi connectivity index (χ3n) is 2.74. The van der Waals surface area contributed by atoms with Gasteiger partial charge in [-0.05, 0) is 36.5 Å². The Morgan fingerprint density at radius 2 is 2.07 bits per heavy atom. The van der Waals surface area contributed by atoms with Crippen LogP contribution in [-0.4, -0.2) is 13.2 Å². The van der Waals surface area contributed by atoms with E-state index in [4.69, 9.17) is 10.5 Å². The van der Waals surface area contributed by atoms with Crippen LogP contribution in [0.1, 0.15) is 24.3 Å². The van der Waals surface area contributed by atoms with Crippen LogP contribution in [0.25, 0.3) is 0 Å². The zero-order valence-corrected chi connectivity index (χ0v) is 9.09. The van der Waals surface area contributed by atoms with Gasteiger partial charge in [0.05, 0.1) is 7.11 Å². The van der Waals surface area contributed by atoms with E-state index in [-0.39, 0.29) is 12.4 Å². The summed E-state index contributed by atoms with van der Waals surface area (Å²) in [6, 6.07) is 8.69. The van der Waals surface area contributed by atoms with E-state index >= 15 is 0 Å². The molecule has 1 aromatic carbocycles. The van der Waals surface area contributed by atoms with E-state index in [0.29, 0.717) is 12.0 Å². The lowest BCUT2D eigenvalue weighted by atomic mass is 9.76. The number of nitrogens with two attached hydrogens (primary N) is 1. The van der Waals surface area contributed by atoms with Crippen LogP contribution in [0, 0.1) is 0 Å². The van der Waals surface area contributed by atoms with Crippen LogP contribution in [0.15, 0.2) is 24.3 Å². The van der Waals surface area contributed by atoms with Gasteiger partial charge in [-0.3, -0.25) is 0 Å². The van der Waals surface area contributed by atoms with E-state index in [0.717, 1.165) is 18.6 Å². The van der Waals surface area contributed by atoms with Crippen LogP contribution in [0.4, 0.5) is 0 Å². The second kappa shape index (κ2) is 4.67. The number of benzene rings is 1. The number of ether oxygens (including phenoxy) is 1. The van der Waals surface area contributed by atoms with Crippen molar-refractivity contribution in [2.75, 3.05) is 7.11 Å². The van der Waals surface area contributed by atoms with Gasteiger partial charge in [-0.2, -0.15) is 0 Å². The van der Waals surface area contributed by atoms with Crippen molar-refractivity contribution in [3.05, 3.63) is 29.8 Å². The number of rotatable bonds is 2. The van der Waals surface area contributed by atoms with E-state index in [1.807, 2.05) is 12.1 Å². The van der Waals surface area contributed by atoms with E-state index < -0.39 is 0 Å². The quantitative estimate of drug-likeness (QED) is 0.819. The van der Waals surface area contributed by atoms with E-state index in [1.54, 1.807) is 7.11 Å². The van der Waals surface area contributed by atoms with Crippen molar-refractivity contribution in [2.24, 2.45) is 5.73 Å². The Labute approximate surface area is 90.9 Å². The Kier molecular flexibility index (Phi) is 3.78. The molecule has 0 radical (unpaired) electrons. The van der Waals surface area contributed by atoms with Crippen molar-refractivity contribution < 1.29 is 4.74 Å². The molecule has 0 unspecified atom stereocenters. The third kappa shape index (κ3) is 2.20. The van der Waals surface area contributed by atoms with Gasteiger partial charge in [-0.15, -0.1) is 12.4 Å². The predicted octanol–water partition coefficient (Wildman–Crippen LogP) is 2.32. The lowest BCUT2D eigenvalue weighted by Crippen LogP contribution is -2.34. The lowest BCUT2D eigenvalue weighted by Gasteiger charge is -2.32. The van der Waals surface area contributed by atoms with Gasteiger partial charge in [-0.25, -0.2) is 0 Å². The van der Waals surface area contributed by atoms with Crippen molar-refractivity contribution in [1.29, 1.82) is 0 Å². The Balaban J connectivity index is 0.000000980. The SMILES string of the molecule is COc1cccc(C2CC(N)C2)c1.Cl. The minimum atomic E-state index is 0. The Bertz CT molecular complexity index is 297. The highest BCUT2D eigenvalue weighted by Gasteiger charge is 2.27. The van der Waals surface area contributed by atoms with Crippen LogP contribution in [0.3, 0.4) is 0 Å². The van der Waals surface area contributed by atoms with Crippen LogP contribution >= 0.6 is 12.4 Å². The van der Waals surface area contributed by atoms with E-state index in [1.165, 1.54) is 5.56 Å². The van der Waals surface area contributed by atoms with Gasteiger partial charge in [0.25, 0.3) is 0 Å². The fourth-order valence-electron chi connectivity index (χ4n) is 1.83. The molecular weight excluding hydrogens is 198 g/mol. The number of hydrogen-bond donors (Lipinski definition) is 1. The summed E-state index contributed by atoms with van der Waals surface area (Å²) in [6.07, 6.45) is 2.24. The van der Waals surface area contributed by atoms with Crippen LogP contribution in [-0.2, 0) is 0 Å². The highest BCUT2D eigenvalue weighted by atomic mass is 35.5. The fraction of sp³-hybridized carbons (Fsp3) is 0.455. The average molecular weight is 214 g/mol. The predicted molar refractivity (Wildman–Crippen MR) is 60.2 cm³/mol. The smallest absolute Gasteiger partial charge is 0.119 e. The third-order valence-corrected chi connectivity index (χ3v) is 2.74. The van der Waals surface area contributed by atoms with Crippen molar-refractivity contribution in [1.82, 2.24) is 0 Å². The molecule has 1 aromatic rings. The summed E-state index contributed by atoms with van der Waals surface area (Å²) in [5, 5.41) is 0. The molecule has 1 fully saturated rings. The van der Waals surface area contributed by atoms with Crippen LogP contribution in [0.5, 0.6) is 5.75 Å². The van der Waals surface area contributed by atoms with Crippen LogP contribution in [0.2, 0.25) is 0 Å². The molecule has 14 heavy (non-hydrogen) atoms. The molecule has 0 amide bonds. The van der Waals surface area contributed by atoms with Gasteiger partial charge >= 0.3 is 0 Å². The van der Waals surface area contributed by atoms with Crippen molar-refractivity contribution in [2.45, 2.75) is 24.8 Å². The van der Waals surface area contributed by atoms with E-state index in [2.05, 4.69) is 12.1 Å². The first-order valence-corrected chi connectivity index (χ1v) is 4.69. The molecule has 78 valence electrons. The maximum Gasteiger partial charge on any atom is 0.119 e. The summed E-state index contributed by atoms with van der Waals surface area (Å²) in [7, 11) is 1.70. The number of hydrogen-bond acceptors (Lipinski definition) is 2. The molecule has 1 aliphatic rings. The van der Waals surface area contributed by atoms with Crippen molar-refractivity contribution in [3.63, 3.8) is 0 Å². The minimum Gasteiger partial charge on any atom is -0.497 e. The van der Waals surface area contributed by atoms with Crippen molar-refractivity contribution >= 4 is 12.4 Å². The van der Waals surface area contributed by atoms with Gasteiger partial charge in [0, 0.05) is 6.04 Å². The Morgan fingerprint density at radius 3 is 2.64 bits per heavy atom. The summed E-state index contributed by atoms with van der Waals surface area (Å²) < 4.78 is 5.17. The first-order valence-electron chi connectivity index (χ1n) is 4.69. The van der Waals surface area contributed by atoms with Gasteiger partial charge in [0.1, 0.15) is 5.75 Å². The summed E-state index contributed by atoms with van der Waals surface area (Å²) in [5.41, 5.74) is 7.11. The highest BCUT2D eigenvalue weighted by molar-refractivity contribution is 5.85. The number of methoxy groups -OCH3 is 1. The maximum atomic E-state index is 5.75. The second-order valence-electron chi connectivity index (χ2n) is 3.71.